The molecular weight excluding hydrogens is 741 g/mol. The van der Waals surface area contributed by atoms with Gasteiger partial charge < -0.3 is 28.6 Å². The van der Waals surface area contributed by atoms with Gasteiger partial charge in [-0.05, 0) is 88.2 Å². The molecule has 3 aromatic carbocycles. The van der Waals surface area contributed by atoms with E-state index in [0.29, 0.717) is 60.1 Å². The van der Waals surface area contributed by atoms with Crippen molar-refractivity contribution in [2.75, 3.05) is 44.9 Å². The van der Waals surface area contributed by atoms with Crippen LogP contribution in [0.5, 0.6) is 17.2 Å². The summed E-state index contributed by atoms with van der Waals surface area (Å²) in [7, 11) is 1.27. The smallest absolute Gasteiger partial charge is 0.343 e. The molecule has 4 aromatic rings. The van der Waals surface area contributed by atoms with E-state index in [-0.39, 0.29) is 31.0 Å². The number of esters is 2. The predicted molar refractivity (Wildman–Crippen MR) is 206 cm³/mol. The zero-order chi connectivity index (χ0) is 38.2. The van der Waals surface area contributed by atoms with Crippen LogP contribution in [-0.2, 0) is 25.7 Å². The Morgan fingerprint density at radius 3 is 2.36 bits per heavy atom. The van der Waals surface area contributed by atoms with Gasteiger partial charge in [-0.15, -0.1) is 0 Å². The molecule has 0 aliphatic carbocycles. The van der Waals surface area contributed by atoms with Gasteiger partial charge in [-0.1, -0.05) is 46.7 Å². The molecule has 0 N–H and O–H groups in total. The lowest BCUT2D eigenvalue weighted by Crippen LogP contribution is -2.40. The molecule has 11 nitrogen and oxygen atoms in total. The second-order valence-corrected chi connectivity index (χ2v) is 13.6. The maximum Gasteiger partial charge on any atom is 0.343 e. The number of hydrogen-bond donors (Lipinski definition) is 0. The van der Waals surface area contributed by atoms with Gasteiger partial charge in [0.05, 0.1) is 52.2 Å². The molecule has 53 heavy (non-hydrogen) atoms. The first-order valence-electron chi connectivity index (χ1n) is 17.1. The standard InChI is InChI=1S/C39H41Cl2N3O8S/c1-7-43(8-2)27-14-12-25(31(20-27)51-21-24-11-15-28(40)29(41)17-24)19-33-37(46)44-36(35(38(47)50-10-4)23(5)42-39(44)53-33)26-13-16-30(32(18-26)49-9-3)52-22-34(45)48-6/h11-20,36H,7-10,21-22H2,1-6H3/b33-19+/t36-/m1/s1. The second-order valence-electron chi connectivity index (χ2n) is 11.7. The summed E-state index contributed by atoms with van der Waals surface area (Å²) in [6, 6.07) is 15.3. The first-order chi connectivity index (χ1) is 25.5. The van der Waals surface area contributed by atoms with Crippen molar-refractivity contribution in [3.05, 3.63) is 112 Å². The van der Waals surface area contributed by atoms with Crippen LogP contribution in [0.2, 0.25) is 10.0 Å². The zero-order valence-electron chi connectivity index (χ0n) is 30.4. The highest BCUT2D eigenvalue weighted by atomic mass is 35.5. The van der Waals surface area contributed by atoms with Crippen molar-refractivity contribution in [3.8, 4) is 17.2 Å². The number of nitrogens with zero attached hydrogens (tertiary/aromatic N) is 3. The summed E-state index contributed by atoms with van der Waals surface area (Å²) in [6.45, 7) is 11.3. The number of carbonyl (C=O) groups is 2. The fourth-order valence-corrected chi connectivity index (χ4v) is 7.23. The molecule has 1 atom stereocenters. The number of allylic oxidation sites excluding steroid dienone is 1. The van der Waals surface area contributed by atoms with Crippen LogP contribution in [0.25, 0.3) is 6.08 Å². The van der Waals surface area contributed by atoms with E-state index in [4.69, 9.17) is 51.9 Å². The summed E-state index contributed by atoms with van der Waals surface area (Å²) >= 11 is 13.6. The largest absolute Gasteiger partial charge is 0.490 e. The topological polar surface area (TPSA) is 118 Å². The number of thiazole rings is 1. The molecule has 1 aliphatic rings. The minimum atomic E-state index is -0.906. The number of carbonyl (C=O) groups excluding carboxylic acids is 2. The van der Waals surface area contributed by atoms with E-state index in [2.05, 4.69) is 18.7 Å². The molecule has 0 saturated heterocycles. The Hall–Kier alpha value is -4.78. The van der Waals surface area contributed by atoms with E-state index in [0.717, 1.165) is 24.3 Å². The molecule has 14 heteroatoms. The van der Waals surface area contributed by atoms with Crippen LogP contribution in [0.1, 0.15) is 57.4 Å². The fraction of sp³-hybridized carbons (Fsp3) is 0.333. The maximum atomic E-state index is 14.5. The average molecular weight is 783 g/mol. The number of hydrogen-bond acceptors (Lipinski definition) is 11. The van der Waals surface area contributed by atoms with E-state index in [1.54, 1.807) is 50.3 Å². The number of ether oxygens (including phenoxy) is 5. The number of anilines is 1. The SMILES string of the molecule is CCOC(=O)C1=C(C)N=c2s/c(=C/c3ccc(N(CC)CC)cc3OCc3ccc(Cl)c(Cl)c3)c(=O)n2[C@@H]1c1ccc(OCC(=O)OC)c(OCC)c1. The minimum absolute atomic E-state index is 0.131. The van der Waals surface area contributed by atoms with E-state index in [1.807, 2.05) is 31.2 Å². The maximum absolute atomic E-state index is 14.5. The highest BCUT2D eigenvalue weighted by molar-refractivity contribution is 7.07. The molecule has 0 fully saturated rings. The summed E-state index contributed by atoms with van der Waals surface area (Å²) in [5.41, 5.74) is 3.29. The van der Waals surface area contributed by atoms with E-state index >= 15 is 0 Å². The number of rotatable bonds is 15. The lowest BCUT2D eigenvalue weighted by atomic mass is 9.95. The molecule has 0 unspecified atom stereocenters. The molecule has 0 amide bonds. The van der Waals surface area contributed by atoms with Crippen molar-refractivity contribution in [1.29, 1.82) is 0 Å². The van der Waals surface area contributed by atoms with Crippen LogP contribution >= 0.6 is 34.5 Å². The molecule has 1 aliphatic heterocycles. The molecule has 5 rings (SSSR count). The highest BCUT2D eigenvalue weighted by Gasteiger charge is 2.34. The normalized spacial score (nSPS) is 14.0. The van der Waals surface area contributed by atoms with E-state index < -0.39 is 18.0 Å². The van der Waals surface area contributed by atoms with Crippen molar-refractivity contribution in [2.24, 2.45) is 4.99 Å². The Bertz CT molecular complexity index is 2210. The van der Waals surface area contributed by atoms with Crippen molar-refractivity contribution >= 4 is 58.2 Å². The van der Waals surface area contributed by atoms with Gasteiger partial charge in [0.2, 0.25) is 0 Å². The van der Waals surface area contributed by atoms with Crippen LogP contribution in [0.15, 0.2) is 75.7 Å². The van der Waals surface area contributed by atoms with Gasteiger partial charge in [0.15, 0.2) is 22.9 Å². The van der Waals surface area contributed by atoms with Gasteiger partial charge in [0, 0.05) is 30.4 Å². The first-order valence-corrected chi connectivity index (χ1v) is 18.7. The highest BCUT2D eigenvalue weighted by Crippen LogP contribution is 2.37. The Morgan fingerprint density at radius 1 is 0.906 bits per heavy atom. The third kappa shape index (κ3) is 8.89. The lowest BCUT2D eigenvalue weighted by molar-refractivity contribution is -0.143. The summed E-state index contributed by atoms with van der Waals surface area (Å²) in [5.74, 6) is 0.0360. The van der Waals surface area contributed by atoms with Gasteiger partial charge >= 0.3 is 11.9 Å². The molecule has 2 heterocycles. The minimum Gasteiger partial charge on any atom is -0.490 e. The fourth-order valence-electron chi connectivity index (χ4n) is 5.87. The molecule has 1 aromatic heterocycles. The number of benzene rings is 3. The average Bonchev–Trinajstić information content (AvgIpc) is 3.45. The monoisotopic (exact) mass is 781 g/mol. The number of methoxy groups -OCH3 is 1. The van der Waals surface area contributed by atoms with Crippen LogP contribution in [0.4, 0.5) is 5.69 Å². The third-order valence-corrected chi connectivity index (χ3v) is 10.2. The molecule has 280 valence electrons. The molecule has 0 saturated carbocycles. The van der Waals surface area contributed by atoms with Crippen molar-refractivity contribution in [1.82, 2.24) is 4.57 Å². The summed E-state index contributed by atoms with van der Waals surface area (Å²) < 4.78 is 30.0. The number of halogens is 2. The van der Waals surface area contributed by atoms with Crippen LogP contribution in [-0.4, -0.2) is 56.5 Å². The van der Waals surface area contributed by atoms with Crippen LogP contribution in [0, 0.1) is 0 Å². The molecular formula is C39H41Cl2N3O8S. The quantitative estimate of drug-likeness (QED) is 0.125. The zero-order valence-corrected chi connectivity index (χ0v) is 32.7. The lowest BCUT2D eigenvalue weighted by Gasteiger charge is -2.25. The Kier molecular flexibility index (Phi) is 13.3. The van der Waals surface area contributed by atoms with Gasteiger partial charge in [-0.3, -0.25) is 9.36 Å². The van der Waals surface area contributed by atoms with Crippen molar-refractivity contribution in [3.63, 3.8) is 0 Å². The van der Waals surface area contributed by atoms with Gasteiger partial charge in [0.1, 0.15) is 12.4 Å². The first kappa shape index (κ1) is 39.4. The van der Waals surface area contributed by atoms with Crippen molar-refractivity contribution in [2.45, 2.75) is 47.3 Å². The van der Waals surface area contributed by atoms with E-state index in [9.17, 15) is 14.4 Å². The van der Waals surface area contributed by atoms with Crippen molar-refractivity contribution < 1.29 is 33.3 Å². The molecule has 0 radical (unpaired) electrons. The Morgan fingerprint density at radius 2 is 1.68 bits per heavy atom. The number of aromatic nitrogens is 1. The Labute approximate surface area is 321 Å². The van der Waals surface area contributed by atoms with Gasteiger partial charge in [-0.25, -0.2) is 14.6 Å². The molecule has 0 spiro atoms. The van der Waals surface area contributed by atoms with Gasteiger partial charge in [-0.2, -0.15) is 0 Å². The summed E-state index contributed by atoms with van der Waals surface area (Å²) in [4.78, 5) is 47.1. The number of fused-ring (bicyclic) bond motifs is 1. The van der Waals surface area contributed by atoms with Gasteiger partial charge in [0.25, 0.3) is 5.56 Å². The van der Waals surface area contributed by atoms with E-state index in [1.165, 1.54) is 23.0 Å². The summed E-state index contributed by atoms with van der Waals surface area (Å²) in [6.07, 6.45) is 1.77. The second kappa shape index (κ2) is 17.8. The van der Waals surface area contributed by atoms with Crippen LogP contribution in [0.3, 0.4) is 0 Å². The Balaban J connectivity index is 1.64. The third-order valence-electron chi connectivity index (χ3n) is 8.46. The summed E-state index contributed by atoms with van der Waals surface area (Å²) in [5, 5.41) is 0.876. The van der Waals surface area contributed by atoms with Crippen LogP contribution < -0.4 is 34.0 Å². The predicted octanol–water partition coefficient (Wildman–Crippen LogP) is 6.48. The molecule has 0 bridgehead atoms.